The second-order valence-corrected chi connectivity index (χ2v) is 9.24. The zero-order valence-electron chi connectivity index (χ0n) is 20.8. The Balaban J connectivity index is 1.40. The van der Waals surface area contributed by atoms with Crippen molar-refractivity contribution in [2.75, 3.05) is 34.5 Å². The van der Waals surface area contributed by atoms with Crippen LogP contribution in [-0.2, 0) is 28.8 Å². The Hall–Kier alpha value is -3.38. The molecular formula is C29H31ClO6. The van der Waals surface area contributed by atoms with Crippen LogP contribution in [0.4, 0.5) is 0 Å². The van der Waals surface area contributed by atoms with Gasteiger partial charge in [0, 0.05) is 17.4 Å². The number of hydrogen-bond donors (Lipinski definition) is 0. The van der Waals surface area contributed by atoms with E-state index in [0.717, 1.165) is 23.1 Å². The molecule has 0 bridgehead atoms. The zero-order valence-corrected chi connectivity index (χ0v) is 21.5. The average molecular weight is 511 g/mol. The maximum atomic E-state index is 12.6. The number of methoxy groups -OCH3 is 3. The van der Waals surface area contributed by atoms with Gasteiger partial charge in [-0.3, -0.25) is 4.79 Å². The topological polar surface area (TPSA) is 63.2 Å². The summed E-state index contributed by atoms with van der Waals surface area (Å²) in [5.74, 6) is 2.34. The van der Waals surface area contributed by atoms with Gasteiger partial charge in [-0.2, -0.15) is 0 Å². The number of cyclic esters (lactones) is 1. The van der Waals surface area contributed by atoms with E-state index in [1.165, 1.54) is 0 Å². The summed E-state index contributed by atoms with van der Waals surface area (Å²) in [4.78, 5) is 12.6. The van der Waals surface area contributed by atoms with E-state index >= 15 is 0 Å². The Labute approximate surface area is 217 Å². The molecule has 1 saturated heterocycles. The van der Waals surface area contributed by atoms with Crippen molar-refractivity contribution in [2.24, 2.45) is 11.8 Å². The third kappa shape index (κ3) is 6.24. The highest BCUT2D eigenvalue weighted by atomic mass is 35.5. The minimum Gasteiger partial charge on any atom is -0.493 e. The van der Waals surface area contributed by atoms with E-state index in [2.05, 4.69) is 0 Å². The molecule has 1 heterocycles. The maximum Gasteiger partial charge on any atom is 0.309 e. The lowest BCUT2D eigenvalue weighted by Crippen LogP contribution is -2.20. The summed E-state index contributed by atoms with van der Waals surface area (Å²) in [5.41, 5.74) is 3.22. The standard InChI is InChI=1S/C29H31ClO6/c1-32-25-10-6-20(16-27(25)33-2)14-22-18-36-29(31)24(22)15-21-7-11-26(28(17-21)34-3)35-13-12-19-4-8-23(30)9-5-19/h4-11,16-17,22,24H,12-15,18H2,1-3H3/t22-,24+/m0/s1. The molecular weight excluding hydrogens is 480 g/mol. The fourth-order valence-corrected chi connectivity index (χ4v) is 4.63. The van der Waals surface area contributed by atoms with Crippen LogP contribution in [0.3, 0.4) is 0 Å². The fourth-order valence-electron chi connectivity index (χ4n) is 4.51. The van der Waals surface area contributed by atoms with Crippen LogP contribution >= 0.6 is 11.6 Å². The van der Waals surface area contributed by atoms with Crippen molar-refractivity contribution in [2.45, 2.75) is 19.3 Å². The predicted molar refractivity (Wildman–Crippen MR) is 139 cm³/mol. The molecule has 0 saturated carbocycles. The van der Waals surface area contributed by atoms with Crippen molar-refractivity contribution in [3.63, 3.8) is 0 Å². The lowest BCUT2D eigenvalue weighted by Gasteiger charge is -2.18. The van der Waals surface area contributed by atoms with Gasteiger partial charge in [-0.25, -0.2) is 0 Å². The second-order valence-electron chi connectivity index (χ2n) is 8.80. The maximum absolute atomic E-state index is 12.6. The van der Waals surface area contributed by atoms with Crippen molar-refractivity contribution in [3.8, 4) is 23.0 Å². The molecule has 0 unspecified atom stereocenters. The van der Waals surface area contributed by atoms with E-state index in [9.17, 15) is 4.79 Å². The van der Waals surface area contributed by atoms with Crippen LogP contribution in [0.2, 0.25) is 5.02 Å². The Morgan fingerprint density at radius 3 is 2.03 bits per heavy atom. The van der Waals surface area contributed by atoms with Gasteiger partial charge in [-0.05, 0) is 65.9 Å². The molecule has 3 aromatic rings. The smallest absolute Gasteiger partial charge is 0.309 e. The normalized spacial score (nSPS) is 16.9. The van der Waals surface area contributed by atoms with Crippen LogP contribution in [0.1, 0.15) is 16.7 Å². The molecule has 1 aliphatic rings. The minimum absolute atomic E-state index is 0.0666. The number of rotatable bonds is 11. The number of benzene rings is 3. The molecule has 0 spiro atoms. The number of carbonyl (C=O) groups excluding carboxylic acids is 1. The van der Waals surface area contributed by atoms with Gasteiger partial charge in [-0.15, -0.1) is 0 Å². The summed E-state index contributed by atoms with van der Waals surface area (Å²) < 4.78 is 27.8. The van der Waals surface area contributed by atoms with Crippen LogP contribution in [0.25, 0.3) is 0 Å². The van der Waals surface area contributed by atoms with E-state index in [1.807, 2.05) is 60.7 Å². The van der Waals surface area contributed by atoms with E-state index in [-0.39, 0.29) is 17.8 Å². The molecule has 3 aromatic carbocycles. The van der Waals surface area contributed by atoms with Gasteiger partial charge in [0.05, 0.1) is 40.5 Å². The van der Waals surface area contributed by atoms with Crippen molar-refractivity contribution in [1.82, 2.24) is 0 Å². The first-order valence-electron chi connectivity index (χ1n) is 11.9. The zero-order chi connectivity index (χ0) is 25.5. The van der Waals surface area contributed by atoms with Crippen LogP contribution < -0.4 is 18.9 Å². The van der Waals surface area contributed by atoms with Crippen molar-refractivity contribution in [1.29, 1.82) is 0 Å². The quantitative estimate of drug-likeness (QED) is 0.315. The molecule has 1 fully saturated rings. The average Bonchev–Trinajstić information content (AvgIpc) is 3.24. The third-order valence-electron chi connectivity index (χ3n) is 6.50. The molecule has 0 amide bonds. The molecule has 0 aromatic heterocycles. The molecule has 0 radical (unpaired) electrons. The van der Waals surface area contributed by atoms with E-state index < -0.39 is 0 Å². The Bertz CT molecular complexity index is 1180. The Morgan fingerprint density at radius 1 is 0.778 bits per heavy atom. The van der Waals surface area contributed by atoms with E-state index in [1.54, 1.807) is 21.3 Å². The SMILES string of the molecule is COc1ccc(C[C@H]2COC(=O)[C@@H]2Cc2ccc(OCCc3ccc(Cl)cc3)c(OC)c2)cc1OC. The van der Waals surface area contributed by atoms with Gasteiger partial charge in [0.2, 0.25) is 0 Å². The number of halogens is 1. The molecule has 4 rings (SSSR count). The first-order chi connectivity index (χ1) is 17.5. The van der Waals surface area contributed by atoms with Crippen LogP contribution in [0, 0.1) is 11.8 Å². The highest BCUT2D eigenvalue weighted by molar-refractivity contribution is 6.30. The van der Waals surface area contributed by atoms with Crippen LogP contribution in [-0.4, -0.2) is 40.5 Å². The van der Waals surface area contributed by atoms with Gasteiger partial charge in [0.1, 0.15) is 0 Å². The molecule has 190 valence electrons. The van der Waals surface area contributed by atoms with Crippen molar-refractivity contribution in [3.05, 3.63) is 82.4 Å². The minimum atomic E-state index is -0.237. The molecule has 36 heavy (non-hydrogen) atoms. The van der Waals surface area contributed by atoms with Gasteiger partial charge >= 0.3 is 5.97 Å². The summed E-state index contributed by atoms with van der Waals surface area (Å²) in [6, 6.07) is 19.4. The highest BCUT2D eigenvalue weighted by Gasteiger charge is 2.37. The van der Waals surface area contributed by atoms with Crippen molar-refractivity contribution < 1.29 is 28.5 Å². The summed E-state index contributed by atoms with van der Waals surface area (Å²) in [6.07, 6.45) is 2.03. The third-order valence-corrected chi connectivity index (χ3v) is 6.75. The number of hydrogen-bond acceptors (Lipinski definition) is 6. The van der Waals surface area contributed by atoms with Crippen LogP contribution in [0.15, 0.2) is 60.7 Å². The molecule has 0 N–H and O–H groups in total. The molecule has 0 aliphatic carbocycles. The molecule has 7 heteroatoms. The monoisotopic (exact) mass is 510 g/mol. The van der Waals surface area contributed by atoms with Gasteiger partial charge in [0.25, 0.3) is 0 Å². The van der Waals surface area contributed by atoms with Crippen molar-refractivity contribution >= 4 is 17.6 Å². The van der Waals surface area contributed by atoms with Gasteiger partial charge in [0.15, 0.2) is 23.0 Å². The summed E-state index contributed by atoms with van der Waals surface area (Å²) in [5, 5.41) is 0.717. The molecule has 2 atom stereocenters. The van der Waals surface area contributed by atoms with Gasteiger partial charge < -0.3 is 23.7 Å². The summed E-state index contributed by atoms with van der Waals surface area (Å²) in [7, 11) is 4.85. The lowest BCUT2D eigenvalue weighted by molar-refractivity contribution is -0.141. The second kappa shape index (κ2) is 12.0. The first-order valence-corrected chi connectivity index (χ1v) is 12.3. The first kappa shape index (κ1) is 25.7. The predicted octanol–water partition coefficient (Wildman–Crippen LogP) is 5.56. The summed E-state index contributed by atoms with van der Waals surface area (Å²) in [6.45, 7) is 0.917. The molecule has 6 nitrogen and oxygen atoms in total. The highest BCUT2D eigenvalue weighted by Crippen LogP contribution is 2.35. The van der Waals surface area contributed by atoms with Gasteiger partial charge in [-0.1, -0.05) is 35.9 Å². The van der Waals surface area contributed by atoms with Crippen LogP contribution in [0.5, 0.6) is 23.0 Å². The Morgan fingerprint density at radius 2 is 1.36 bits per heavy atom. The Kier molecular flexibility index (Phi) is 8.60. The lowest BCUT2D eigenvalue weighted by atomic mass is 9.85. The number of esters is 1. The van der Waals surface area contributed by atoms with E-state index in [0.29, 0.717) is 54.1 Å². The molecule has 1 aliphatic heterocycles. The van der Waals surface area contributed by atoms with E-state index in [4.69, 9.17) is 35.3 Å². The number of ether oxygens (including phenoxy) is 5. The fraction of sp³-hybridized carbons (Fsp3) is 0.345. The number of carbonyl (C=O) groups is 1. The summed E-state index contributed by atoms with van der Waals surface area (Å²) >= 11 is 5.95. The largest absolute Gasteiger partial charge is 0.493 e.